The summed E-state index contributed by atoms with van der Waals surface area (Å²) in [5.74, 6) is -3.45. The van der Waals surface area contributed by atoms with Gasteiger partial charge in [-0.05, 0) is 30.2 Å². The lowest BCUT2D eigenvalue weighted by molar-refractivity contribution is -0.131. The molecule has 3 amide bonds. The molecular formula is C19H16F2N2O3. The largest absolute Gasteiger partial charge is 0.325 e. The number of amides is 3. The number of imide groups is 1. The van der Waals surface area contributed by atoms with E-state index >= 15 is 0 Å². The van der Waals surface area contributed by atoms with Crippen LogP contribution in [0.5, 0.6) is 0 Å². The molecule has 0 unspecified atom stereocenters. The quantitative estimate of drug-likeness (QED) is 0.660. The highest BCUT2D eigenvalue weighted by atomic mass is 19.2. The molecule has 3 rings (SSSR count). The molecule has 26 heavy (non-hydrogen) atoms. The van der Waals surface area contributed by atoms with Gasteiger partial charge in [-0.3, -0.25) is 14.5 Å². The number of halogens is 2. The molecule has 1 N–H and O–H groups in total. The maximum Gasteiger partial charge on any atom is 0.325 e. The minimum Gasteiger partial charge on any atom is -0.319 e. The molecule has 5 nitrogen and oxygen atoms in total. The van der Waals surface area contributed by atoms with E-state index in [-0.39, 0.29) is 5.56 Å². The zero-order chi connectivity index (χ0) is 18.9. The predicted octanol–water partition coefficient (Wildman–Crippen LogP) is 3.00. The van der Waals surface area contributed by atoms with Gasteiger partial charge in [0.2, 0.25) is 0 Å². The van der Waals surface area contributed by atoms with Gasteiger partial charge in [0, 0.05) is 5.56 Å². The summed E-state index contributed by atoms with van der Waals surface area (Å²) in [7, 11) is 0. The summed E-state index contributed by atoms with van der Waals surface area (Å²) in [6.07, 6.45) is 0.303. The molecule has 1 atom stereocenters. The van der Waals surface area contributed by atoms with Crippen molar-refractivity contribution in [1.82, 2.24) is 10.2 Å². The smallest absolute Gasteiger partial charge is 0.319 e. The second kappa shape index (κ2) is 6.67. The SMILES string of the molecule is CC[C@]1(c2ccccc2)NC(=O)N(CC(=O)c2ccc(F)c(F)c2)C1=O. The van der Waals surface area contributed by atoms with E-state index in [1.807, 2.05) is 0 Å². The molecule has 0 radical (unpaired) electrons. The van der Waals surface area contributed by atoms with Crippen LogP contribution in [0.2, 0.25) is 0 Å². The number of carbonyl (C=O) groups excluding carboxylic acids is 3. The van der Waals surface area contributed by atoms with Crippen LogP contribution < -0.4 is 5.32 Å². The lowest BCUT2D eigenvalue weighted by atomic mass is 9.87. The number of benzene rings is 2. The van der Waals surface area contributed by atoms with Crippen molar-refractivity contribution in [3.63, 3.8) is 0 Å². The lowest BCUT2D eigenvalue weighted by Crippen LogP contribution is -2.43. The van der Waals surface area contributed by atoms with Gasteiger partial charge in [0.05, 0.1) is 6.54 Å². The molecule has 7 heteroatoms. The minimum atomic E-state index is -1.24. The fourth-order valence-corrected chi connectivity index (χ4v) is 3.04. The molecule has 1 heterocycles. The van der Waals surface area contributed by atoms with Crippen molar-refractivity contribution in [2.24, 2.45) is 0 Å². The molecule has 1 aliphatic heterocycles. The maximum absolute atomic E-state index is 13.3. The number of nitrogens with zero attached hydrogens (tertiary/aromatic N) is 1. The molecule has 0 aromatic heterocycles. The van der Waals surface area contributed by atoms with Gasteiger partial charge in [-0.1, -0.05) is 37.3 Å². The molecule has 1 aliphatic rings. The van der Waals surface area contributed by atoms with Crippen molar-refractivity contribution in [1.29, 1.82) is 0 Å². The molecule has 0 saturated carbocycles. The topological polar surface area (TPSA) is 66.5 Å². The predicted molar refractivity (Wildman–Crippen MR) is 89.3 cm³/mol. The standard InChI is InChI=1S/C19H16F2N2O3/c1-2-19(13-6-4-3-5-7-13)17(25)23(18(26)22-19)11-16(24)12-8-9-14(20)15(21)10-12/h3-10H,2,11H2,1H3,(H,22,26)/t19-/m1/s1. The second-order valence-corrected chi connectivity index (χ2v) is 6.00. The number of nitrogens with one attached hydrogen (secondary N) is 1. The summed E-state index contributed by atoms with van der Waals surface area (Å²) >= 11 is 0. The van der Waals surface area contributed by atoms with E-state index in [9.17, 15) is 23.2 Å². The Morgan fingerprint density at radius 3 is 2.38 bits per heavy atom. The molecule has 1 fully saturated rings. The third-order valence-corrected chi connectivity index (χ3v) is 4.52. The van der Waals surface area contributed by atoms with Crippen LogP contribution in [0.15, 0.2) is 48.5 Å². The van der Waals surface area contributed by atoms with Gasteiger partial charge < -0.3 is 5.32 Å². The number of urea groups is 1. The highest BCUT2D eigenvalue weighted by Gasteiger charge is 2.51. The summed E-state index contributed by atoms with van der Waals surface area (Å²) in [5, 5.41) is 2.66. The Kier molecular flexibility index (Phi) is 4.54. The van der Waals surface area contributed by atoms with Gasteiger partial charge in [0.15, 0.2) is 17.4 Å². The van der Waals surface area contributed by atoms with E-state index in [1.54, 1.807) is 37.3 Å². The van der Waals surface area contributed by atoms with Crippen molar-refractivity contribution in [2.45, 2.75) is 18.9 Å². The molecule has 134 valence electrons. The van der Waals surface area contributed by atoms with Gasteiger partial charge in [-0.25, -0.2) is 13.6 Å². The van der Waals surface area contributed by atoms with Gasteiger partial charge in [-0.2, -0.15) is 0 Å². The fourth-order valence-electron chi connectivity index (χ4n) is 3.04. The summed E-state index contributed by atoms with van der Waals surface area (Å²) in [6.45, 7) is 1.20. The number of carbonyl (C=O) groups is 3. The molecule has 2 aromatic rings. The zero-order valence-corrected chi connectivity index (χ0v) is 14.0. The van der Waals surface area contributed by atoms with Crippen LogP contribution >= 0.6 is 0 Å². The summed E-state index contributed by atoms with van der Waals surface area (Å²) in [4.78, 5) is 38.4. The van der Waals surface area contributed by atoms with Crippen molar-refractivity contribution in [3.05, 3.63) is 71.3 Å². The summed E-state index contributed by atoms with van der Waals surface area (Å²) in [5.41, 5.74) is -0.742. The van der Waals surface area contributed by atoms with Gasteiger partial charge in [0.1, 0.15) is 5.54 Å². The van der Waals surface area contributed by atoms with Gasteiger partial charge >= 0.3 is 6.03 Å². The molecule has 0 aliphatic carbocycles. The highest BCUT2D eigenvalue weighted by molar-refractivity contribution is 6.11. The van der Waals surface area contributed by atoms with Gasteiger partial charge in [0.25, 0.3) is 5.91 Å². The van der Waals surface area contributed by atoms with Crippen LogP contribution in [0.25, 0.3) is 0 Å². The Morgan fingerprint density at radius 2 is 1.77 bits per heavy atom. The van der Waals surface area contributed by atoms with E-state index in [1.165, 1.54) is 0 Å². The summed E-state index contributed by atoms with van der Waals surface area (Å²) in [6, 6.07) is 10.7. The maximum atomic E-state index is 13.3. The number of ketones is 1. The number of rotatable bonds is 5. The third-order valence-electron chi connectivity index (χ3n) is 4.52. The summed E-state index contributed by atoms with van der Waals surface area (Å²) < 4.78 is 26.3. The van der Waals surface area contributed by atoms with Crippen molar-refractivity contribution < 1.29 is 23.2 Å². The van der Waals surface area contributed by atoms with E-state index in [2.05, 4.69) is 5.32 Å². The van der Waals surface area contributed by atoms with E-state index < -0.39 is 41.4 Å². The first-order chi connectivity index (χ1) is 12.4. The first-order valence-electron chi connectivity index (χ1n) is 8.07. The number of hydrogen-bond acceptors (Lipinski definition) is 3. The van der Waals surface area contributed by atoms with Crippen molar-refractivity contribution in [3.8, 4) is 0 Å². The van der Waals surface area contributed by atoms with Crippen molar-refractivity contribution in [2.75, 3.05) is 6.54 Å². The van der Waals surface area contributed by atoms with Crippen molar-refractivity contribution >= 4 is 17.7 Å². The van der Waals surface area contributed by atoms with Crippen LogP contribution in [-0.4, -0.2) is 29.2 Å². The minimum absolute atomic E-state index is 0.113. The molecule has 1 saturated heterocycles. The van der Waals surface area contributed by atoms with Gasteiger partial charge in [-0.15, -0.1) is 0 Å². The average molecular weight is 358 g/mol. The Bertz CT molecular complexity index is 886. The Labute approximate surface area is 148 Å². The first-order valence-corrected chi connectivity index (χ1v) is 8.07. The lowest BCUT2D eigenvalue weighted by Gasteiger charge is -2.25. The monoisotopic (exact) mass is 358 g/mol. The van der Waals surface area contributed by atoms with Crippen LogP contribution in [0.3, 0.4) is 0 Å². The van der Waals surface area contributed by atoms with E-state index in [0.717, 1.165) is 23.1 Å². The number of hydrogen-bond donors (Lipinski definition) is 1. The van der Waals surface area contributed by atoms with Crippen LogP contribution in [0.1, 0.15) is 29.3 Å². The Morgan fingerprint density at radius 1 is 1.08 bits per heavy atom. The molecule has 0 spiro atoms. The third kappa shape index (κ3) is 2.85. The average Bonchev–Trinajstić information content (AvgIpc) is 2.89. The van der Waals surface area contributed by atoms with Crippen LogP contribution in [-0.2, 0) is 10.3 Å². The fraction of sp³-hybridized carbons (Fsp3) is 0.211. The Hall–Kier alpha value is -3.09. The molecular weight excluding hydrogens is 342 g/mol. The zero-order valence-electron chi connectivity index (χ0n) is 14.0. The molecule has 2 aromatic carbocycles. The first kappa shape index (κ1) is 17.7. The van der Waals surface area contributed by atoms with E-state index in [4.69, 9.17) is 0 Å². The Balaban J connectivity index is 1.87. The number of Topliss-reactive ketones (excluding diaryl/α,β-unsaturated/α-hetero) is 1. The van der Waals surface area contributed by atoms with Crippen LogP contribution in [0, 0.1) is 11.6 Å². The van der Waals surface area contributed by atoms with E-state index in [0.29, 0.717) is 12.0 Å². The normalized spacial score (nSPS) is 19.6. The second-order valence-electron chi connectivity index (χ2n) is 6.00. The van der Waals surface area contributed by atoms with Crippen LogP contribution in [0.4, 0.5) is 13.6 Å². The molecule has 0 bridgehead atoms. The highest BCUT2D eigenvalue weighted by Crippen LogP contribution is 2.32.